The first-order chi connectivity index (χ1) is 13.8. The van der Waals surface area contributed by atoms with Crippen molar-refractivity contribution >= 4 is 28.3 Å². The van der Waals surface area contributed by atoms with Gasteiger partial charge in [0.1, 0.15) is 11.5 Å². The van der Waals surface area contributed by atoms with Crippen molar-refractivity contribution in [3.63, 3.8) is 0 Å². The van der Waals surface area contributed by atoms with Gasteiger partial charge in [-0.1, -0.05) is 23.5 Å². The van der Waals surface area contributed by atoms with Crippen molar-refractivity contribution in [1.82, 2.24) is 25.5 Å². The fourth-order valence-corrected chi connectivity index (χ4v) is 3.53. The summed E-state index contributed by atoms with van der Waals surface area (Å²) in [4.78, 5) is 23.1. The molecule has 4 rings (SSSR count). The molecule has 0 aromatic carbocycles. The van der Waals surface area contributed by atoms with Crippen molar-refractivity contribution in [1.29, 1.82) is 0 Å². The topological polar surface area (TPSA) is 105 Å². The van der Waals surface area contributed by atoms with Crippen LogP contribution in [0.5, 0.6) is 0 Å². The van der Waals surface area contributed by atoms with E-state index in [9.17, 15) is 4.79 Å². The summed E-state index contributed by atoms with van der Waals surface area (Å²) in [5, 5.41) is 14.7. The molecule has 0 aliphatic carbocycles. The molecule has 2 N–H and O–H groups in total. The molecular weight excluding hydrogens is 378 g/mol. The van der Waals surface area contributed by atoms with Crippen LogP contribution < -0.4 is 15.5 Å². The van der Waals surface area contributed by atoms with Crippen LogP contribution in [0.3, 0.4) is 0 Å². The Hall–Kier alpha value is -3.11. The highest BCUT2D eigenvalue weighted by molar-refractivity contribution is 7.18. The van der Waals surface area contributed by atoms with E-state index in [4.69, 9.17) is 4.74 Å². The van der Waals surface area contributed by atoms with Crippen LogP contribution >= 0.6 is 11.3 Å². The molecule has 0 radical (unpaired) electrons. The average molecular weight is 397 g/mol. The number of urea groups is 1. The van der Waals surface area contributed by atoms with Crippen LogP contribution in [0.1, 0.15) is 5.56 Å². The van der Waals surface area contributed by atoms with Crippen molar-refractivity contribution in [3.05, 3.63) is 48.3 Å². The molecule has 1 aliphatic rings. The summed E-state index contributed by atoms with van der Waals surface area (Å²) in [5.74, 6) is 0.874. The number of carbonyl (C=O) groups is 1. The molecule has 28 heavy (non-hydrogen) atoms. The highest BCUT2D eigenvalue weighted by Gasteiger charge is 2.16. The maximum absolute atomic E-state index is 12.3. The highest BCUT2D eigenvalue weighted by atomic mass is 32.1. The van der Waals surface area contributed by atoms with E-state index < -0.39 is 0 Å². The predicted molar refractivity (Wildman–Crippen MR) is 106 cm³/mol. The van der Waals surface area contributed by atoms with Crippen molar-refractivity contribution in [2.75, 3.05) is 36.5 Å². The molecule has 0 unspecified atom stereocenters. The van der Waals surface area contributed by atoms with Crippen LogP contribution in [0.15, 0.2) is 42.7 Å². The van der Waals surface area contributed by atoms with Gasteiger partial charge >= 0.3 is 6.03 Å². The quantitative estimate of drug-likeness (QED) is 0.680. The molecule has 0 saturated carbocycles. The Morgan fingerprint density at radius 1 is 1.11 bits per heavy atom. The number of hydrogen-bond donors (Lipinski definition) is 2. The van der Waals surface area contributed by atoms with Gasteiger partial charge in [-0.2, -0.15) is 0 Å². The smallest absolute Gasteiger partial charge is 0.321 e. The molecule has 1 saturated heterocycles. The monoisotopic (exact) mass is 397 g/mol. The summed E-state index contributed by atoms with van der Waals surface area (Å²) in [6, 6.07) is 9.04. The summed E-state index contributed by atoms with van der Waals surface area (Å²) in [6.45, 7) is 3.30. The van der Waals surface area contributed by atoms with Crippen molar-refractivity contribution in [2.24, 2.45) is 0 Å². The van der Waals surface area contributed by atoms with E-state index >= 15 is 0 Å². The molecule has 1 aliphatic heterocycles. The van der Waals surface area contributed by atoms with Gasteiger partial charge in [-0.05, 0) is 18.2 Å². The Morgan fingerprint density at radius 3 is 2.79 bits per heavy atom. The zero-order valence-electron chi connectivity index (χ0n) is 15.0. The number of nitrogens with zero attached hydrogens (tertiary/aromatic N) is 5. The molecule has 3 aromatic heterocycles. The summed E-state index contributed by atoms with van der Waals surface area (Å²) in [7, 11) is 0. The van der Waals surface area contributed by atoms with Gasteiger partial charge in [-0.3, -0.25) is 10.3 Å². The minimum absolute atomic E-state index is 0.347. The molecule has 2 amide bonds. The first kappa shape index (κ1) is 18.3. The van der Waals surface area contributed by atoms with E-state index in [-0.39, 0.29) is 6.03 Å². The van der Waals surface area contributed by atoms with Gasteiger partial charge in [0.15, 0.2) is 5.01 Å². The van der Waals surface area contributed by atoms with Crippen molar-refractivity contribution in [3.8, 4) is 10.7 Å². The number of anilines is 2. The molecule has 0 atom stereocenters. The third-order valence-electron chi connectivity index (χ3n) is 4.15. The second-order valence-electron chi connectivity index (χ2n) is 6.02. The number of aromatic nitrogens is 4. The van der Waals surface area contributed by atoms with E-state index in [0.29, 0.717) is 29.9 Å². The second kappa shape index (κ2) is 8.72. The summed E-state index contributed by atoms with van der Waals surface area (Å²) >= 11 is 1.27. The van der Waals surface area contributed by atoms with Gasteiger partial charge < -0.3 is 15.0 Å². The lowest BCUT2D eigenvalue weighted by Crippen LogP contribution is -2.38. The van der Waals surface area contributed by atoms with Gasteiger partial charge in [-0.15, -0.1) is 10.2 Å². The van der Waals surface area contributed by atoms with Gasteiger partial charge in [0.05, 0.1) is 13.2 Å². The fraction of sp³-hybridized carbons (Fsp3) is 0.278. The number of carbonyl (C=O) groups excluding carboxylic acids is 1. The lowest BCUT2D eigenvalue weighted by Gasteiger charge is -2.29. The normalized spacial score (nSPS) is 13.9. The van der Waals surface area contributed by atoms with E-state index in [2.05, 4.69) is 35.7 Å². The summed E-state index contributed by atoms with van der Waals surface area (Å²) in [6.07, 6.45) is 3.45. The first-order valence-corrected chi connectivity index (χ1v) is 9.67. The minimum Gasteiger partial charge on any atom is -0.378 e. The third-order valence-corrected chi connectivity index (χ3v) is 5.01. The largest absolute Gasteiger partial charge is 0.378 e. The molecule has 0 bridgehead atoms. The standard InChI is InChI=1S/C18H19N7O2S/c26-17(22-18-24-23-16(28-18)14-5-1-2-6-19-14)21-12-13-4-3-7-20-15(13)25-8-10-27-11-9-25/h1-7H,8-12H2,(H2,21,22,24,26). The van der Waals surface area contributed by atoms with Gasteiger partial charge in [0.2, 0.25) is 5.13 Å². The molecule has 9 nitrogen and oxygen atoms in total. The Morgan fingerprint density at radius 2 is 1.96 bits per heavy atom. The predicted octanol–water partition coefficient (Wildman–Crippen LogP) is 2.15. The van der Waals surface area contributed by atoms with Crippen LogP contribution in [0, 0.1) is 0 Å². The Labute approximate surface area is 165 Å². The van der Waals surface area contributed by atoms with Gasteiger partial charge in [-0.25, -0.2) is 9.78 Å². The molecule has 3 aromatic rings. The van der Waals surface area contributed by atoms with Crippen molar-refractivity contribution in [2.45, 2.75) is 6.54 Å². The van der Waals surface area contributed by atoms with Crippen LogP contribution in [-0.2, 0) is 11.3 Å². The number of hydrogen-bond acceptors (Lipinski definition) is 8. The maximum atomic E-state index is 12.3. The van der Waals surface area contributed by atoms with Gasteiger partial charge in [0, 0.05) is 37.6 Å². The zero-order chi connectivity index (χ0) is 19.2. The number of morpholine rings is 1. The van der Waals surface area contributed by atoms with Crippen LogP contribution in [0.4, 0.5) is 15.7 Å². The molecule has 4 heterocycles. The minimum atomic E-state index is -0.347. The zero-order valence-corrected chi connectivity index (χ0v) is 15.9. The average Bonchev–Trinajstić information content (AvgIpc) is 3.22. The SMILES string of the molecule is O=C(NCc1cccnc1N1CCOCC1)Nc1nnc(-c2ccccn2)s1. The summed E-state index contributed by atoms with van der Waals surface area (Å²) in [5.41, 5.74) is 1.67. The van der Waals surface area contributed by atoms with E-state index in [0.717, 1.165) is 30.2 Å². The van der Waals surface area contributed by atoms with E-state index in [1.807, 2.05) is 30.3 Å². The second-order valence-corrected chi connectivity index (χ2v) is 7.00. The van der Waals surface area contributed by atoms with Crippen LogP contribution in [-0.4, -0.2) is 52.5 Å². The van der Waals surface area contributed by atoms with Crippen LogP contribution in [0.25, 0.3) is 10.7 Å². The number of rotatable bonds is 5. The molecule has 10 heteroatoms. The van der Waals surface area contributed by atoms with Gasteiger partial charge in [0.25, 0.3) is 0 Å². The van der Waals surface area contributed by atoms with E-state index in [1.54, 1.807) is 12.4 Å². The lowest BCUT2D eigenvalue weighted by atomic mass is 10.2. The number of amides is 2. The van der Waals surface area contributed by atoms with Crippen LogP contribution in [0.2, 0.25) is 0 Å². The fourth-order valence-electron chi connectivity index (χ4n) is 2.81. The molecular formula is C18H19N7O2S. The lowest BCUT2D eigenvalue weighted by molar-refractivity contribution is 0.122. The Balaban J connectivity index is 1.36. The molecule has 1 fully saturated rings. The summed E-state index contributed by atoms with van der Waals surface area (Å²) < 4.78 is 5.39. The number of pyridine rings is 2. The third kappa shape index (κ3) is 4.41. The Kier molecular flexibility index (Phi) is 5.69. The van der Waals surface area contributed by atoms with E-state index in [1.165, 1.54) is 11.3 Å². The Bertz CT molecular complexity index is 928. The maximum Gasteiger partial charge on any atom is 0.321 e. The number of ether oxygens (including phenoxy) is 1. The number of nitrogens with one attached hydrogen (secondary N) is 2. The molecule has 0 spiro atoms. The molecule has 144 valence electrons. The van der Waals surface area contributed by atoms with Crippen molar-refractivity contribution < 1.29 is 9.53 Å². The highest BCUT2D eigenvalue weighted by Crippen LogP contribution is 2.24. The first-order valence-electron chi connectivity index (χ1n) is 8.86.